The molecule has 0 saturated carbocycles. The van der Waals surface area contributed by atoms with Crippen LogP contribution >= 0.6 is 15.8 Å². The summed E-state index contributed by atoms with van der Waals surface area (Å²) >= 11 is 0. The average molecular weight is 630 g/mol. The quantitative estimate of drug-likeness (QED) is 0.0624. The molecule has 0 bridgehead atoms. The van der Waals surface area contributed by atoms with Crippen LogP contribution in [0.2, 0.25) is 0 Å². The number of carboxylic acid groups (broad SMARTS) is 1. The van der Waals surface area contributed by atoms with Crippen molar-refractivity contribution in [3.63, 3.8) is 0 Å². The number of nitrogens with one attached hydrogen (secondary N) is 2. The first-order valence-electron chi connectivity index (χ1n) is 9.04. The molecule has 0 rings (SSSR count). The number of rotatable bonds is 17. The van der Waals surface area contributed by atoms with E-state index in [0.717, 1.165) is 0 Å². The Morgan fingerprint density at radius 2 is 1.14 bits per heavy atom. The van der Waals surface area contributed by atoms with E-state index in [1.165, 1.54) is 0 Å². The Morgan fingerprint density at radius 3 is 1.45 bits per heavy atom. The van der Waals surface area contributed by atoms with Gasteiger partial charge in [-0.15, -0.1) is 0 Å². The van der Waals surface area contributed by atoms with Crippen LogP contribution in [0.25, 0.3) is 0 Å². The zero-order valence-electron chi connectivity index (χ0n) is 16.3. The summed E-state index contributed by atoms with van der Waals surface area (Å²) in [6, 6.07) is 0. The number of hydrogen-bond donors (Lipinski definition) is 7. The molecule has 1 radical (unpaired) electrons. The van der Waals surface area contributed by atoms with Gasteiger partial charge >= 0.3 is 5.97 Å². The van der Waals surface area contributed by atoms with Crippen LogP contribution in [0.3, 0.4) is 0 Å². The van der Waals surface area contributed by atoms with E-state index in [0.29, 0.717) is 25.2 Å². The fraction of sp³-hybridized carbons (Fsp3) is 0.812. The summed E-state index contributed by atoms with van der Waals surface area (Å²) in [5, 5.41) is 50.2. The molecule has 10 nitrogen and oxygen atoms in total. The van der Waals surface area contributed by atoms with Crippen molar-refractivity contribution < 1.29 is 60.3 Å². The van der Waals surface area contributed by atoms with E-state index >= 15 is 0 Å². The zero-order valence-corrected chi connectivity index (χ0v) is 20.8. The van der Waals surface area contributed by atoms with E-state index in [9.17, 15) is 14.4 Å². The Hall–Kier alpha value is -0.228. The summed E-state index contributed by atoms with van der Waals surface area (Å²) in [6.07, 6.45) is 1.46. The molecule has 171 valence electrons. The van der Waals surface area contributed by atoms with Gasteiger partial charge in [-0.1, -0.05) is 15.8 Å². The maximum atomic E-state index is 12.3. The molecule has 0 aliphatic heterocycles. The van der Waals surface area contributed by atoms with Crippen LogP contribution in [0.1, 0.15) is 25.7 Å². The molecule has 0 aromatic carbocycles. The molecule has 0 aromatic heterocycles. The van der Waals surface area contributed by atoms with Crippen molar-refractivity contribution in [1.82, 2.24) is 10.6 Å². The van der Waals surface area contributed by atoms with Crippen molar-refractivity contribution in [2.24, 2.45) is 5.92 Å². The summed E-state index contributed by atoms with van der Waals surface area (Å²) in [7, 11) is -1.76. The van der Waals surface area contributed by atoms with E-state index < -0.39 is 39.5 Å². The molecule has 2 amide bonds. The topological polar surface area (TPSA) is 176 Å². The maximum Gasteiger partial charge on any atom is 0.303 e. The molecular weight excluding hydrogens is 598 g/mol. The van der Waals surface area contributed by atoms with Crippen molar-refractivity contribution in [3.05, 3.63) is 0 Å². The van der Waals surface area contributed by atoms with Gasteiger partial charge in [-0.3, -0.25) is 14.4 Å². The van der Waals surface area contributed by atoms with Crippen molar-refractivity contribution >= 4 is 33.6 Å². The first kappa shape index (κ1) is 31.0. The van der Waals surface area contributed by atoms with Gasteiger partial charge in [-0.05, 0) is 31.6 Å². The number of carbonyl (C=O) groups excluding carboxylic acids is 2. The van der Waals surface area contributed by atoms with E-state index in [1.807, 2.05) is 0 Å². The summed E-state index contributed by atoms with van der Waals surface area (Å²) in [5.41, 5.74) is 0. The van der Waals surface area contributed by atoms with Crippen LogP contribution in [0.15, 0.2) is 0 Å². The number of amides is 2. The number of hydrogen-bond acceptors (Lipinski definition) is 7. The van der Waals surface area contributed by atoms with Gasteiger partial charge in [0.15, 0.2) is 0 Å². The summed E-state index contributed by atoms with van der Waals surface area (Å²) in [4.78, 5) is 35.4. The normalized spacial score (nSPS) is 10.9. The van der Waals surface area contributed by atoms with Gasteiger partial charge in [-0.2, -0.15) is 0 Å². The Bertz CT molecular complexity index is 436. The van der Waals surface area contributed by atoms with Crippen molar-refractivity contribution in [1.29, 1.82) is 0 Å². The Labute approximate surface area is 187 Å². The van der Waals surface area contributed by atoms with Gasteiger partial charge in [0.25, 0.3) is 0 Å². The fourth-order valence-corrected chi connectivity index (χ4v) is 4.25. The summed E-state index contributed by atoms with van der Waals surface area (Å²) in [5.74, 6) is -3.32. The largest absolute Gasteiger partial charge is 0.481 e. The van der Waals surface area contributed by atoms with Crippen LogP contribution in [-0.4, -0.2) is 94.1 Å². The van der Waals surface area contributed by atoms with Gasteiger partial charge in [0, 0.05) is 39.9 Å². The monoisotopic (exact) mass is 630 g/mol. The minimum atomic E-state index is -1.12. The van der Waals surface area contributed by atoms with Crippen LogP contribution in [0.4, 0.5) is 0 Å². The minimum Gasteiger partial charge on any atom is -0.481 e. The van der Waals surface area contributed by atoms with Gasteiger partial charge in [0.2, 0.25) is 11.8 Å². The van der Waals surface area contributed by atoms with Crippen LogP contribution in [0, 0.1) is 5.92 Å². The number of aliphatic hydroxyl groups excluding tert-OH is 4. The second-order valence-electron chi connectivity index (χ2n) is 6.13. The first-order valence-corrected chi connectivity index (χ1v) is 12.8. The van der Waals surface area contributed by atoms with Crippen LogP contribution in [0.5, 0.6) is 0 Å². The third-order valence-corrected chi connectivity index (χ3v) is 7.48. The van der Waals surface area contributed by atoms with E-state index in [1.54, 1.807) is 0 Å². The van der Waals surface area contributed by atoms with Crippen LogP contribution in [-0.2, 0) is 34.8 Å². The summed E-state index contributed by atoms with van der Waals surface area (Å²) in [6.45, 7) is 0.539. The summed E-state index contributed by atoms with van der Waals surface area (Å²) < 4.78 is 0. The second-order valence-corrected chi connectivity index (χ2v) is 10.8. The molecule has 7 N–H and O–H groups in total. The molecule has 0 spiro atoms. The molecule has 0 aliphatic carbocycles. The Kier molecular flexibility index (Phi) is 21.1. The van der Waals surface area contributed by atoms with Gasteiger partial charge in [0.1, 0.15) is 5.92 Å². The molecule has 0 aliphatic rings. The first-order chi connectivity index (χ1) is 13.4. The van der Waals surface area contributed by atoms with Crippen molar-refractivity contribution in [2.45, 2.75) is 25.7 Å². The number of carboxylic acids is 1. The SMILES string of the molecule is O=C(O)CCC(C(=O)NCCCP(CO)CO)C(=O)NCCCP(CO)CO.[188Re]. The van der Waals surface area contributed by atoms with E-state index in [2.05, 4.69) is 10.6 Å². The molecule has 0 unspecified atom stereocenters. The number of aliphatic hydroxyl groups is 4. The predicted molar refractivity (Wildman–Crippen MR) is 108 cm³/mol. The molecule has 29 heavy (non-hydrogen) atoms. The molecule has 0 heterocycles. The molecule has 0 aromatic rings. The van der Waals surface area contributed by atoms with Crippen LogP contribution < -0.4 is 10.6 Å². The molecule has 0 saturated heterocycles. The predicted octanol–water partition coefficient (Wildman–Crippen LogP) is -0.759. The number of aliphatic carboxylic acids is 1. The second kappa shape index (κ2) is 19.7. The van der Waals surface area contributed by atoms with Gasteiger partial charge in [-0.25, -0.2) is 0 Å². The molecule has 0 fully saturated rings. The fourth-order valence-electron chi connectivity index (χ4n) is 2.30. The smallest absolute Gasteiger partial charge is 0.303 e. The molecule has 0 atom stereocenters. The maximum absolute atomic E-state index is 12.3. The number of carbonyl (C=O) groups is 3. The Morgan fingerprint density at radius 1 is 0.759 bits per heavy atom. The third kappa shape index (κ3) is 15.3. The van der Waals surface area contributed by atoms with E-state index in [4.69, 9.17) is 25.5 Å². The Balaban J connectivity index is 0. The van der Waals surface area contributed by atoms with Crippen molar-refractivity contribution in [2.75, 3.05) is 50.8 Å². The molecule has 13 heteroatoms. The zero-order chi connectivity index (χ0) is 21.4. The van der Waals surface area contributed by atoms with Gasteiger partial charge < -0.3 is 36.2 Å². The van der Waals surface area contributed by atoms with E-state index in [-0.39, 0.29) is 71.7 Å². The third-order valence-electron chi connectivity index (χ3n) is 3.98. The van der Waals surface area contributed by atoms with Gasteiger partial charge in [0.05, 0.1) is 25.4 Å². The molecular formula is C16H32N2O8P2Re. The minimum absolute atomic E-state index is 0. The average Bonchev–Trinajstić information content (AvgIpc) is 2.68. The van der Waals surface area contributed by atoms with Crippen molar-refractivity contribution in [3.8, 4) is 0 Å². The standard InChI is InChI=1S/C16H32N2O8P2.Re/c19-9-27(10-20)7-1-5-17-15(25)13(3-4-14(23)24)16(26)18-6-2-8-28(11-21)12-22;/h13,19-22H,1-12H2,(H,17,25)(H,18,26)(H,23,24);/i;1+2.